The van der Waals surface area contributed by atoms with Crippen molar-refractivity contribution in [3.8, 4) is 0 Å². The number of ether oxygens (including phenoxy) is 1. The number of esters is 1. The number of carbonyl (C=O) groups is 1. The number of hydrogen-bond acceptors (Lipinski definition) is 2. The summed E-state index contributed by atoms with van der Waals surface area (Å²) in [5.41, 5.74) is 1.36. The number of unbranched alkanes of at least 4 members (excludes halogenated alkanes) is 1. The van der Waals surface area contributed by atoms with Gasteiger partial charge in [-0.3, -0.25) is 4.79 Å². The average Bonchev–Trinajstić information content (AvgIpc) is 3.40. The van der Waals surface area contributed by atoms with Gasteiger partial charge in [-0.15, -0.1) is 0 Å². The zero-order valence-corrected chi connectivity index (χ0v) is 15.0. The normalized spacial score (nSPS) is 42.8. The molecule has 4 aliphatic rings. The van der Waals surface area contributed by atoms with Gasteiger partial charge in [0.25, 0.3) is 0 Å². The van der Waals surface area contributed by atoms with Crippen LogP contribution in [-0.4, -0.2) is 12.6 Å². The van der Waals surface area contributed by atoms with Crippen molar-refractivity contribution in [3.05, 3.63) is 48.0 Å². The lowest BCUT2D eigenvalue weighted by molar-refractivity contribution is -0.152. The lowest BCUT2D eigenvalue weighted by atomic mass is 9.63. The minimum atomic E-state index is 0.0817. The Morgan fingerprint density at radius 1 is 1.04 bits per heavy atom. The molecule has 4 bridgehead atoms. The number of rotatable bonds is 5. The molecule has 1 aromatic carbocycles. The van der Waals surface area contributed by atoms with Gasteiger partial charge in [0.1, 0.15) is 0 Å². The Morgan fingerprint density at radius 2 is 1.76 bits per heavy atom. The topological polar surface area (TPSA) is 26.3 Å². The zero-order valence-electron chi connectivity index (χ0n) is 15.0. The number of hydrogen-bond donors (Lipinski definition) is 0. The highest BCUT2D eigenvalue weighted by atomic mass is 16.5. The van der Waals surface area contributed by atoms with Gasteiger partial charge in [0, 0.05) is 5.92 Å². The molecule has 8 atom stereocenters. The van der Waals surface area contributed by atoms with Crippen LogP contribution in [0.25, 0.3) is 0 Å². The quantitative estimate of drug-likeness (QED) is 0.333. The van der Waals surface area contributed by atoms with Gasteiger partial charge in [-0.05, 0) is 60.3 Å². The molecule has 3 saturated carbocycles. The molecule has 132 valence electrons. The molecule has 3 fully saturated rings. The van der Waals surface area contributed by atoms with Crippen molar-refractivity contribution in [3.63, 3.8) is 0 Å². The molecule has 0 amide bonds. The van der Waals surface area contributed by atoms with Crippen LogP contribution < -0.4 is 0 Å². The Kier molecular flexibility index (Phi) is 3.76. The van der Waals surface area contributed by atoms with Crippen molar-refractivity contribution in [1.29, 1.82) is 0 Å². The fourth-order valence-electron chi connectivity index (χ4n) is 6.90. The summed E-state index contributed by atoms with van der Waals surface area (Å²) in [6.07, 6.45) is 9.54. The molecular formula is C23H28O2. The standard InChI is InChI=1S/C23H28O2/c1-2-3-11-25-23(24)22-18-13-17(19(22)14-7-5-4-6-8-14)20-15-9-10-16(12-15)21(18)20/h4-10,15-22H,2-3,11-13H2,1H3. The zero-order chi connectivity index (χ0) is 17.0. The highest BCUT2D eigenvalue weighted by Gasteiger charge is 2.66. The van der Waals surface area contributed by atoms with Crippen molar-refractivity contribution in [2.75, 3.05) is 6.61 Å². The van der Waals surface area contributed by atoms with Gasteiger partial charge in [-0.2, -0.15) is 0 Å². The van der Waals surface area contributed by atoms with E-state index in [1.165, 1.54) is 18.4 Å². The summed E-state index contributed by atoms with van der Waals surface area (Å²) >= 11 is 0. The number of allylic oxidation sites excluding steroid dienone is 2. The Balaban J connectivity index is 1.47. The van der Waals surface area contributed by atoms with E-state index < -0.39 is 0 Å². The average molecular weight is 336 g/mol. The largest absolute Gasteiger partial charge is 0.465 e. The fraction of sp³-hybridized carbons (Fsp3) is 0.609. The van der Waals surface area contributed by atoms with Crippen molar-refractivity contribution in [1.82, 2.24) is 0 Å². The van der Waals surface area contributed by atoms with Crippen LogP contribution in [0.2, 0.25) is 0 Å². The van der Waals surface area contributed by atoms with Gasteiger partial charge >= 0.3 is 5.97 Å². The lowest BCUT2D eigenvalue weighted by Gasteiger charge is -2.41. The summed E-state index contributed by atoms with van der Waals surface area (Å²) in [6, 6.07) is 10.8. The number of benzene rings is 1. The van der Waals surface area contributed by atoms with Gasteiger partial charge in [0.2, 0.25) is 0 Å². The molecule has 5 rings (SSSR count). The third-order valence-electron chi connectivity index (χ3n) is 7.62. The Hall–Kier alpha value is -1.57. The summed E-state index contributed by atoms with van der Waals surface area (Å²) in [5, 5.41) is 0. The Labute approximate surface area is 150 Å². The summed E-state index contributed by atoms with van der Waals surface area (Å²) in [4.78, 5) is 13.0. The molecule has 1 aromatic rings. The highest BCUT2D eigenvalue weighted by molar-refractivity contribution is 5.75. The molecule has 2 nitrogen and oxygen atoms in total. The molecule has 8 unspecified atom stereocenters. The Morgan fingerprint density at radius 3 is 2.48 bits per heavy atom. The maximum atomic E-state index is 13.0. The van der Waals surface area contributed by atoms with E-state index in [2.05, 4.69) is 49.4 Å². The second kappa shape index (κ2) is 6.00. The Bertz CT molecular complexity index is 679. The molecule has 0 aliphatic heterocycles. The molecule has 0 spiro atoms. The van der Waals surface area contributed by atoms with E-state index in [0.29, 0.717) is 24.4 Å². The maximum Gasteiger partial charge on any atom is 0.309 e. The predicted octanol–water partition coefficient (Wildman–Crippen LogP) is 4.82. The van der Waals surface area contributed by atoms with Crippen molar-refractivity contribution in [2.24, 2.45) is 41.4 Å². The maximum absolute atomic E-state index is 13.0. The van der Waals surface area contributed by atoms with E-state index in [1.807, 2.05) is 0 Å². The van der Waals surface area contributed by atoms with E-state index in [-0.39, 0.29) is 11.9 Å². The lowest BCUT2D eigenvalue weighted by Crippen LogP contribution is -2.40. The first-order chi connectivity index (χ1) is 12.3. The van der Waals surface area contributed by atoms with Gasteiger partial charge in [-0.1, -0.05) is 55.8 Å². The smallest absolute Gasteiger partial charge is 0.309 e. The van der Waals surface area contributed by atoms with Crippen molar-refractivity contribution >= 4 is 5.97 Å². The van der Waals surface area contributed by atoms with Gasteiger partial charge in [0.15, 0.2) is 0 Å². The first-order valence-electron chi connectivity index (χ1n) is 10.2. The molecule has 4 aliphatic carbocycles. The molecule has 0 heterocycles. The molecule has 0 aromatic heterocycles. The van der Waals surface area contributed by atoms with Crippen molar-refractivity contribution in [2.45, 2.75) is 38.5 Å². The first-order valence-corrected chi connectivity index (χ1v) is 10.2. The summed E-state index contributed by atoms with van der Waals surface area (Å²) in [5.74, 6) is 4.79. The van der Waals surface area contributed by atoms with Crippen LogP contribution >= 0.6 is 0 Å². The molecule has 25 heavy (non-hydrogen) atoms. The monoisotopic (exact) mass is 336 g/mol. The molecular weight excluding hydrogens is 308 g/mol. The van der Waals surface area contributed by atoms with E-state index in [4.69, 9.17) is 4.74 Å². The molecule has 0 saturated heterocycles. The minimum Gasteiger partial charge on any atom is -0.465 e. The molecule has 2 heteroatoms. The fourth-order valence-corrected chi connectivity index (χ4v) is 6.90. The van der Waals surface area contributed by atoms with E-state index in [0.717, 1.165) is 36.5 Å². The second-order valence-electron chi connectivity index (χ2n) is 8.65. The third-order valence-corrected chi connectivity index (χ3v) is 7.62. The van der Waals surface area contributed by atoms with Crippen LogP contribution in [0.5, 0.6) is 0 Å². The van der Waals surface area contributed by atoms with Crippen LogP contribution in [0.1, 0.15) is 44.1 Å². The van der Waals surface area contributed by atoms with Crippen LogP contribution in [0.3, 0.4) is 0 Å². The van der Waals surface area contributed by atoms with Gasteiger partial charge < -0.3 is 4.74 Å². The van der Waals surface area contributed by atoms with Gasteiger partial charge in [0.05, 0.1) is 12.5 Å². The summed E-state index contributed by atoms with van der Waals surface area (Å²) in [7, 11) is 0. The SMILES string of the molecule is CCCCOC(=O)C1C2CC(C1c1ccccc1)C1C3C=CC(C3)C21. The van der Waals surface area contributed by atoms with E-state index in [9.17, 15) is 4.79 Å². The third kappa shape index (κ3) is 2.26. The summed E-state index contributed by atoms with van der Waals surface area (Å²) < 4.78 is 5.74. The number of carbonyl (C=O) groups excluding carboxylic acids is 1. The first kappa shape index (κ1) is 15.7. The van der Waals surface area contributed by atoms with Crippen LogP contribution in [0, 0.1) is 41.4 Å². The number of fused-ring (bicyclic) bond motifs is 9. The van der Waals surface area contributed by atoms with Crippen LogP contribution in [0.4, 0.5) is 0 Å². The van der Waals surface area contributed by atoms with E-state index >= 15 is 0 Å². The van der Waals surface area contributed by atoms with Gasteiger partial charge in [-0.25, -0.2) is 0 Å². The minimum absolute atomic E-state index is 0.0817. The molecule has 0 N–H and O–H groups in total. The van der Waals surface area contributed by atoms with Crippen LogP contribution in [-0.2, 0) is 9.53 Å². The predicted molar refractivity (Wildman–Crippen MR) is 97.9 cm³/mol. The highest BCUT2D eigenvalue weighted by Crippen LogP contribution is 2.70. The second-order valence-corrected chi connectivity index (χ2v) is 8.65. The molecule has 0 radical (unpaired) electrons. The summed E-state index contributed by atoms with van der Waals surface area (Å²) in [6.45, 7) is 2.73. The van der Waals surface area contributed by atoms with Crippen molar-refractivity contribution < 1.29 is 9.53 Å². The van der Waals surface area contributed by atoms with Crippen LogP contribution in [0.15, 0.2) is 42.5 Å². The van der Waals surface area contributed by atoms with E-state index in [1.54, 1.807) is 0 Å².